The maximum absolute atomic E-state index is 13.4. The predicted octanol–water partition coefficient (Wildman–Crippen LogP) is 8.47. The van der Waals surface area contributed by atoms with E-state index in [0.29, 0.717) is 56.3 Å². The standard InChI is InChI=1S/C30H20Cl2O6S2/c31-15-5-7-21-18(13-15)24(33)27(26(36-21)23-4-2-11-39-23)35-10-1-3-20-17-9-12-40-30(17)29-28(37-20)25(34)19-14-16(32)6-8-22(19)38-29/h2,4-9,11-14,17,20,30H,1,3,10H2. The lowest BCUT2D eigenvalue weighted by molar-refractivity contribution is 0.106. The van der Waals surface area contributed by atoms with Crippen molar-refractivity contribution in [1.82, 2.24) is 0 Å². The average Bonchev–Trinajstić information content (AvgIpc) is 3.66. The van der Waals surface area contributed by atoms with Crippen LogP contribution in [0.5, 0.6) is 11.5 Å². The van der Waals surface area contributed by atoms with Gasteiger partial charge in [0.2, 0.25) is 22.4 Å². The fourth-order valence-corrected chi connectivity index (χ4v) is 7.44. The molecule has 0 saturated heterocycles. The predicted molar refractivity (Wildman–Crippen MR) is 160 cm³/mol. The van der Waals surface area contributed by atoms with Crippen molar-refractivity contribution in [2.24, 2.45) is 5.92 Å². The summed E-state index contributed by atoms with van der Waals surface area (Å²) in [6, 6.07) is 13.8. The Morgan fingerprint density at radius 2 is 1.68 bits per heavy atom. The van der Waals surface area contributed by atoms with Crippen molar-refractivity contribution < 1.29 is 18.3 Å². The van der Waals surface area contributed by atoms with Crippen LogP contribution >= 0.6 is 46.3 Å². The topological polar surface area (TPSA) is 78.9 Å². The lowest BCUT2D eigenvalue weighted by atomic mass is 9.90. The van der Waals surface area contributed by atoms with Crippen LogP contribution < -0.4 is 20.3 Å². The van der Waals surface area contributed by atoms with Crippen LogP contribution in [0.4, 0.5) is 0 Å². The van der Waals surface area contributed by atoms with Crippen LogP contribution in [-0.2, 0) is 0 Å². The summed E-state index contributed by atoms with van der Waals surface area (Å²) in [6.45, 7) is 0.262. The van der Waals surface area contributed by atoms with Crippen molar-refractivity contribution in [3.05, 3.63) is 102 Å². The van der Waals surface area contributed by atoms with Gasteiger partial charge in [-0.1, -0.05) is 35.3 Å². The zero-order valence-corrected chi connectivity index (χ0v) is 23.9. The van der Waals surface area contributed by atoms with Gasteiger partial charge < -0.3 is 18.3 Å². The fourth-order valence-electron chi connectivity index (χ4n) is 5.23. The third kappa shape index (κ3) is 4.43. The Hall–Kier alpha value is -3.17. The molecule has 0 amide bonds. The Morgan fingerprint density at radius 1 is 0.925 bits per heavy atom. The van der Waals surface area contributed by atoms with Crippen molar-refractivity contribution in [1.29, 1.82) is 0 Å². The zero-order chi connectivity index (χ0) is 27.4. The average molecular weight is 612 g/mol. The van der Waals surface area contributed by atoms with E-state index in [1.165, 1.54) is 11.3 Å². The van der Waals surface area contributed by atoms with Crippen LogP contribution in [0.15, 0.2) is 83.8 Å². The van der Waals surface area contributed by atoms with Gasteiger partial charge in [0.15, 0.2) is 11.5 Å². The summed E-state index contributed by atoms with van der Waals surface area (Å²) in [7, 11) is 0. The van der Waals surface area contributed by atoms with Gasteiger partial charge in [-0.05, 0) is 66.1 Å². The van der Waals surface area contributed by atoms with Gasteiger partial charge >= 0.3 is 0 Å². The highest BCUT2D eigenvalue weighted by Gasteiger charge is 2.42. The minimum atomic E-state index is -0.270. The van der Waals surface area contributed by atoms with E-state index in [1.54, 1.807) is 48.2 Å². The van der Waals surface area contributed by atoms with Crippen LogP contribution in [-0.4, -0.2) is 12.7 Å². The molecular formula is C30H20Cl2O6S2. The molecule has 0 saturated carbocycles. The molecule has 3 aromatic heterocycles. The van der Waals surface area contributed by atoms with Crippen molar-refractivity contribution in [2.75, 3.05) is 6.61 Å². The molecule has 2 aromatic carbocycles. The summed E-state index contributed by atoms with van der Waals surface area (Å²) in [5.41, 5.74) is 0.447. The van der Waals surface area contributed by atoms with Gasteiger partial charge in [-0.3, -0.25) is 9.59 Å². The Labute approximate surface area is 246 Å². The number of thiophene rings is 1. The van der Waals surface area contributed by atoms with E-state index in [1.807, 2.05) is 22.9 Å². The number of hydrogen-bond donors (Lipinski definition) is 0. The Morgan fingerprint density at radius 3 is 2.42 bits per heavy atom. The number of benzene rings is 2. The molecule has 0 fully saturated rings. The highest BCUT2D eigenvalue weighted by molar-refractivity contribution is 8.02. The third-order valence-electron chi connectivity index (χ3n) is 7.10. The van der Waals surface area contributed by atoms with Gasteiger partial charge in [-0.2, -0.15) is 0 Å². The minimum Gasteiger partial charge on any atom is -0.486 e. The van der Waals surface area contributed by atoms with Gasteiger partial charge in [0.25, 0.3) is 0 Å². The van der Waals surface area contributed by atoms with E-state index in [2.05, 4.69) is 6.08 Å². The van der Waals surface area contributed by atoms with E-state index in [9.17, 15) is 9.59 Å². The zero-order valence-electron chi connectivity index (χ0n) is 20.7. The van der Waals surface area contributed by atoms with E-state index < -0.39 is 0 Å². The molecule has 3 unspecified atom stereocenters. The molecule has 10 heteroatoms. The van der Waals surface area contributed by atoms with Crippen molar-refractivity contribution in [3.63, 3.8) is 0 Å². The normalized spacial score (nSPS) is 19.5. The molecule has 3 atom stereocenters. The Bertz CT molecular complexity index is 1910. The summed E-state index contributed by atoms with van der Waals surface area (Å²) in [4.78, 5) is 27.6. The second kappa shape index (κ2) is 10.3. The summed E-state index contributed by atoms with van der Waals surface area (Å²) >= 11 is 15.4. The molecule has 2 aliphatic heterocycles. The maximum Gasteiger partial charge on any atom is 0.235 e. The number of thioether (sulfide) groups is 1. The number of ether oxygens (including phenoxy) is 2. The first-order chi connectivity index (χ1) is 19.5. The first-order valence-electron chi connectivity index (χ1n) is 12.7. The number of hydrogen-bond acceptors (Lipinski definition) is 8. The Balaban J connectivity index is 1.14. The van der Waals surface area contributed by atoms with Gasteiger partial charge in [0.1, 0.15) is 17.3 Å². The highest BCUT2D eigenvalue weighted by atomic mass is 35.5. The second-order valence-electron chi connectivity index (χ2n) is 9.58. The molecule has 0 spiro atoms. The molecule has 0 N–H and O–H groups in total. The van der Waals surface area contributed by atoms with Gasteiger partial charge in [-0.15, -0.1) is 23.1 Å². The van der Waals surface area contributed by atoms with Crippen LogP contribution in [0.2, 0.25) is 10.0 Å². The number of halogens is 2. The maximum atomic E-state index is 13.4. The molecular weight excluding hydrogens is 591 g/mol. The summed E-state index contributed by atoms with van der Waals surface area (Å²) in [5.74, 6) is 1.40. The van der Waals surface area contributed by atoms with Crippen LogP contribution in [0.1, 0.15) is 23.9 Å². The van der Waals surface area contributed by atoms with Crippen molar-refractivity contribution >= 4 is 68.2 Å². The molecule has 5 heterocycles. The lowest BCUT2D eigenvalue weighted by Crippen LogP contribution is -2.35. The van der Waals surface area contributed by atoms with Crippen LogP contribution in [0.3, 0.4) is 0 Å². The lowest BCUT2D eigenvalue weighted by Gasteiger charge is -2.33. The summed E-state index contributed by atoms with van der Waals surface area (Å²) in [5, 5.41) is 5.56. The number of fused-ring (bicyclic) bond motifs is 5. The Kier molecular flexibility index (Phi) is 6.66. The van der Waals surface area contributed by atoms with E-state index in [-0.39, 0.29) is 46.2 Å². The summed E-state index contributed by atoms with van der Waals surface area (Å²) in [6.07, 6.45) is 3.04. The molecule has 6 nitrogen and oxygen atoms in total. The fraction of sp³-hybridized carbons (Fsp3) is 0.200. The molecule has 40 heavy (non-hydrogen) atoms. The second-order valence-corrected chi connectivity index (χ2v) is 12.5. The minimum absolute atomic E-state index is 0.0416. The molecule has 0 aliphatic carbocycles. The summed E-state index contributed by atoms with van der Waals surface area (Å²) < 4.78 is 24.6. The number of rotatable bonds is 6. The van der Waals surface area contributed by atoms with E-state index in [0.717, 1.165) is 4.88 Å². The smallest absolute Gasteiger partial charge is 0.235 e. The monoisotopic (exact) mass is 610 g/mol. The molecule has 7 rings (SSSR count). The largest absolute Gasteiger partial charge is 0.486 e. The molecule has 5 aromatic rings. The van der Waals surface area contributed by atoms with E-state index in [4.69, 9.17) is 41.5 Å². The van der Waals surface area contributed by atoms with Gasteiger partial charge in [0.05, 0.1) is 27.5 Å². The highest BCUT2D eigenvalue weighted by Crippen LogP contribution is 2.52. The molecule has 2 aliphatic rings. The van der Waals surface area contributed by atoms with E-state index >= 15 is 0 Å². The van der Waals surface area contributed by atoms with Crippen LogP contribution in [0, 0.1) is 5.92 Å². The molecule has 0 radical (unpaired) electrons. The van der Waals surface area contributed by atoms with Gasteiger partial charge in [-0.25, -0.2) is 0 Å². The first-order valence-corrected chi connectivity index (χ1v) is 15.2. The van der Waals surface area contributed by atoms with Crippen LogP contribution in [0.25, 0.3) is 32.6 Å². The quantitative estimate of drug-likeness (QED) is 0.178. The first kappa shape index (κ1) is 25.8. The molecule has 0 bridgehead atoms. The third-order valence-corrected chi connectivity index (χ3v) is 9.58. The molecule has 202 valence electrons. The SMILES string of the molecule is O=c1c(OCCCC2Oc3c(oc4ccc(Cl)cc4c3=O)C3SC=CC23)c(-c2cccs2)oc2ccc(Cl)cc12. The van der Waals surface area contributed by atoms with Crippen molar-refractivity contribution in [3.8, 4) is 22.1 Å². The van der Waals surface area contributed by atoms with Crippen molar-refractivity contribution in [2.45, 2.75) is 24.2 Å². The van der Waals surface area contributed by atoms with Gasteiger partial charge in [0, 0.05) is 16.0 Å².